The van der Waals surface area contributed by atoms with Crippen molar-refractivity contribution in [3.05, 3.63) is 53.9 Å². The number of hydrogen-bond acceptors (Lipinski definition) is 7. The minimum Gasteiger partial charge on any atom is -0.493 e. The molecule has 3 rings (SSSR count). The van der Waals surface area contributed by atoms with Crippen molar-refractivity contribution in [3.8, 4) is 28.6 Å². The maximum absolute atomic E-state index is 11.6. The molecule has 0 aliphatic carbocycles. The topological polar surface area (TPSA) is 83.7 Å². The summed E-state index contributed by atoms with van der Waals surface area (Å²) < 4.78 is 21.4. The molecule has 0 fully saturated rings. The molecule has 0 radical (unpaired) electrons. The summed E-state index contributed by atoms with van der Waals surface area (Å²) in [7, 11) is 3.14. The van der Waals surface area contributed by atoms with Crippen LogP contribution in [0.2, 0.25) is 0 Å². The molecule has 0 N–H and O–H groups in total. The number of carbonyl (C=O) groups excluding carboxylic acids is 1. The Labute approximate surface area is 156 Å². The van der Waals surface area contributed by atoms with Gasteiger partial charge in [-0.05, 0) is 42.5 Å². The minimum absolute atomic E-state index is 0.0954. The first-order chi connectivity index (χ1) is 13.1. The molecule has 2 aromatic carbocycles. The van der Waals surface area contributed by atoms with E-state index in [-0.39, 0.29) is 12.4 Å². The van der Waals surface area contributed by atoms with Gasteiger partial charge in [0.15, 0.2) is 23.9 Å². The minimum atomic E-state index is 0.0954. The molecule has 0 amide bonds. The lowest BCUT2D eigenvalue weighted by Crippen LogP contribution is -1.98. The average molecular weight is 368 g/mol. The van der Waals surface area contributed by atoms with Crippen LogP contribution >= 0.6 is 0 Å². The van der Waals surface area contributed by atoms with Crippen molar-refractivity contribution >= 4 is 5.78 Å². The molecule has 1 heterocycles. The SMILES string of the molecule is CCC(=O)c1ccc(OCc2nc(-c3ccc(OC)c(OC)c3)no2)cc1. The molecule has 3 aromatic rings. The standard InChI is InChI=1S/C20H20N2O5/c1-4-16(23)13-5-8-15(9-6-13)26-12-19-21-20(22-27-19)14-7-10-17(24-2)18(11-14)25-3/h5-11H,4,12H2,1-3H3. The Morgan fingerprint density at radius 3 is 2.44 bits per heavy atom. The Bertz CT molecular complexity index is 918. The van der Waals surface area contributed by atoms with Gasteiger partial charge in [-0.3, -0.25) is 4.79 Å². The first-order valence-corrected chi connectivity index (χ1v) is 8.45. The molecule has 0 unspecified atom stereocenters. The van der Waals surface area contributed by atoms with Crippen molar-refractivity contribution in [1.82, 2.24) is 10.1 Å². The van der Waals surface area contributed by atoms with Crippen LogP contribution in [0.25, 0.3) is 11.4 Å². The van der Waals surface area contributed by atoms with Crippen molar-refractivity contribution in [1.29, 1.82) is 0 Å². The molecule has 7 nitrogen and oxygen atoms in total. The molecule has 0 spiro atoms. The molecule has 0 aliphatic heterocycles. The largest absolute Gasteiger partial charge is 0.493 e. The molecule has 0 saturated carbocycles. The predicted octanol–water partition coefficient (Wildman–Crippen LogP) is 3.93. The summed E-state index contributed by atoms with van der Waals surface area (Å²) in [5, 5.41) is 3.97. The number of methoxy groups -OCH3 is 2. The number of benzene rings is 2. The second-order valence-corrected chi connectivity index (χ2v) is 5.67. The van der Waals surface area contributed by atoms with Crippen LogP contribution in [0.1, 0.15) is 29.6 Å². The van der Waals surface area contributed by atoms with Gasteiger partial charge in [0.1, 0.15) is 5.75 Å². The predicted molar refractivity (Wildman–Crippen MR) is 98.2 cm³/mol. The van der Waals surface area contributed by atoms with E-state index in [0.717, 1.165) is 5.56 Å². The summed E-state index contributed by atoms with van der Waals surface area (Å²) in [4.78, 5) is 16.0. The molecule has 0 atom stereocenters. The van der Waals surface area contributed by atoms with E-state index in [1.165, 1.54) is 0 Å². The summed E-state index contributed by atoms with van der Waals surface area (Å²) in [5.41, 5.74) is 1.41. The fourth-order valence-corrected chi connectivity index (χ4v) is 2.49. The lowest BCUT2D eigenvalue weighted by molar-refractivity contribution is 0.0988. The monoisotopic (exact) mass is 368 g/mol. The quantitative estimate of drug-likeness (QED) is 0.557. The highest BCUT2D eigenvalue weighted by atomic mass is 16.5. The molecule has 140 valence electrons. The van der Waals surface area contributed by atoms with Crippen LogP contribution in [-0.2, 0) is 6.61 Å². The first-order valence-electron chi connectivity index (χ1n) is 8.45. The Morgan fingerprint density at radius 1 is 1.04 bits per heavy atom. The second-order valence-electron chi connectivity index (χ2n) is 5.67. The zero-order valence-corrected chi connectivity index (χ0v) is 15.4. The number of nitrogens with zero attached hydrogens (tertiary/aromatic N) is 2. The third-order valence-electron chi connectivity index (χ3n) is 3.97. The van der Waals surface area contributed by atoms with Crippen molar-refractivity contribution < 1.29 is 23.5 Å². The van der Waals surface area contributed by atoms with Gasteiger partial charge in [-0.15, -0.1) is 0 Å². The highest BCUT2D eigenvalue weighted by molar-refractivity contribution is 5.95. The number of ether oxygens (including phenoxy) is 3. The number of rotatable bonds is 8. The fraction of sp³-hybridized carbons (Fsp3) is 0.250. The van der Waals surface area contributed by atoms with Crippen molar-refractivity contribution in [2.45, 2.75) is 20.0 Å². The lowest BCUT2D eigenvalue weighted by Gasteiger charge is -2.07. The molecular formula is C20H20N2O5. The third kappa shape index (κ3) is 4.25. The van der Waals surface area contributed by atoms with Crippen LogP contribution in [0.4, 0.5) is 0 Å². The van der Waals surface area contributed by atoms with E-state index >= 15 is 0 Å². The number of hydrogen-bond donors (Lipinski definition) is 0. The van der Waals surface area contributed by atoms with E-state index in [9.17, 15) is 4.79 Å². The van der Waals surface area contributed by atoms with Crippen LogP contribution in [0, 0.1) is 0 Å². The maximum atomic E-state index is 11.6. The molecule has 0 aliphatic rings. The highest BCUT2D eigenvalue weighted by Crippen LogP contribution is 2.31. The van der Waals surface area contributed by atoms with Gasteiger partial charge in [0.05, 0.1) is 14.2 Å². The van der Waals surface area contributed by atoms with Gasteiger partial charge in [0, 0.05) is 17.5 Å². The van der Waals surface area contributed by atoms with Gasteiger partial charge < -0.3 is 18.7 Å². The van der Waals surface area contributed by atoms with Gasteiger partial charge in [-0.2, -0.15) is 4.98 Å². The van der Waals surface area contributed by atoms with Crippen molar-refractivity contribution in [2.75, 3.05) is 14.2 Å². The van der Waals surface area contributed by atoms with E-state index in [0.29, 0.717) is 40.9 Å². The van der Waals surface area contributed by atoms with E-state index in [1.807, 2.05) is 13.0 Å². The van der Waals surface area contributed by atoms with Crippen LogP contribution in [0.5, 0.6) is 17.2 Å². The van der Waals surface area contributed by atoms with Gasteiger partial charge >= 0.3 is 0 Å². The van der Waals surface area contributed by atoms with Crippen LogP contribution in [0.15, 0.2) is 47.0 Å². The zero-order valence-electron chi connectivity index (χ0n) is 15.4. The van der Waals surface area contributed by atoms with Crippen LogP contribution < -0.4 is 14.2 Å². The summed E-state index contributed by atoms with van der Waals surface area (Å²) in [5.74, 6) is 2.69. The van der Waals surface area contributed by atoms with Crippen molar-refractivity contribution in [2.24, 2.45) is 0 Å². The molecule has 1 aromatic heterocycles. The third-order valence-corrected chi connectivity index (χ3v) is 3.97. The summed E-state index contributed by atoms with van der Waals surface area (Å²) in [6.07, 6.45) is 0.473. The van der Waals surface area contributed by atoms with Crippen LogP contribution in [-0.4, -0.2) is 30.1 Å². The Balaban J connectivity index is 1.67. The second kappa shape index (κ2) is 8.35. The lowest BCUT2D eigenvalue weighted by atomic mass is 10.1. The summed E-state index contributed by atoms with van der Waals surface area (Å²) >= 11 is 0. The Morgan fingerprint density at radius 2 is 1.78 bits per heavy atom. The smallest absolute Gasteiger partial charge is 0.264 e. The Hall–Kier alpha value is -3.35. The normalized spacial score (nSPS) is 10.5. The Kier molecular flexibility index (Phi) is 5.71. The maximum Gasteiger partial charge on any atom is 0.264 e. The molecule has 0 bridgehead atoms. The number of ketones is 1. The molecule has 27 heavy (non-hydrogen) atoms. The van der Waals surface area contributed by atoms with Crippen molar-refractivity contribution in [3.63, 3.8) is 0 Å². The summed E-state index contributed by atoms with van der Waals surface area (Å²) in [6, 6.07) is 12.3. The molecular weight excluding hydrogens is 348 g/mol. The van der Waals surface area contributed by atoms with E-state index < -0.39 is 0 Å². The van der Waals surface area contributed by atoms with Crippen LogP contribution in [0.3, 0.4) is 0 Å². The number of Topliss-reactive ketones (excluding diaryl/α,β-unsaturated/α-hetero) is 1. The van der Waals surface area contributed by atoms with Gasteiger partial charge in [-0.1, -0.05) is 12.1 Å². The fourth-order valence-electron chi connectivity index (χ4n) is 2.49. The first kappa shape index (κ1) is 18.4. The van der Waals surface area contributed by atoms with Gasteiger partial charge in [0.2, 0.25) is 5.82 Å². The zero-order chi connectivity index (χ0) is 19.2. The average Bonchev–Trinajstić information content (AvgIpc) is 3.20. The number of aromatic nitrogens is 2. The summed E-state index contributed by atoms with van der Waals surface area (Å²) in [6.45, 7) is 1.96. The van der Waals surface area contributed by atoms with E-state index in [4.69, 9.17) is 18.7 Å². The van der Waals surface area contributed by atoms with Gasteiger partial charge in [0.25, 0.3) is 5.89 Å². The molecule has 0 saturated heterocycles. The molecule has 7 heteroatoms. The van der Waals surface area contributed by atoms with E-state index in [2.05, 4.69) is 10.1 Å². The highest BCUT2D eigenvalue weighted by Gasteiger charge is 2.12. The number of carbonyl (C=O) groups is 1. The van der Waals surface area contributed by atoms with E-state index in [1.54, 1.807) is 50.6 Å². The van der Waals surface area contributed by atoms with Gasteiger partial charge in [-0.25, -0.2) is 0 Å².